The van der Waals surface area contributed by atoms with Gasteiger partial charge in [-0.2, -0.15) is 0 Å². The number of aryl methyl sites for hydroxylation is 1. The minimum absolute atomic E-state index is 0.291. The van der Waals surface area contributed by atoms with Crippen LogP contribution in [0.1, 0.15) is 27.0 Å². The third kappa shape index (κ3) is 7.63. The molecule has 1 amide bonds. The number of benzene rings is 4. The number of nitrogens with one attached hydrogen (secondary N) is 1. The minimum Gasteiger partial charge on any atom is -0.493 e. The Morgan fingerprint density at radius 2 is 1.67 bits per heavy atom. The molecule has 39 heavy (non-hydrogen) atoms. The Labute approximate surface area is 236 Å². The van der Waals surface area contributed by atoms with Crippen molar-refractivity contribution in [2.75, 3.05) is 12.4 Å². The van der Waals surface area contributed by atoms with Crippen molar-refractivity contribution in [2.45, 2.75) is 13.5 Å². The molecule has 0 bridgehead atoms. The highest BCUT2D eigenvalue weighted by Crippen LogP contribution is 2.30. The number of ether oxygens (including phenoxy) is 3. The van der Waals surface area contributed by atoms with Crippen LogP contribution in [0.25, 0.3) is 6.08 Å². The molecule has 4 rings (SSSR count). The monoisotopic (exact) mass is 561 g/mol. The van der Waals surface area contributed by atoms with E-state index in [0.717, 1.165) is 16.7 Å². The number of hydrogen-bond donors (Lipinski definition) is 1. The fraction of sp³-hybridized carbons (Fsp3) is 0.0968. The van der Waals surface area contributed by atoms with E-state index in [1.54, 1.807) is 55.7 Å². The first-order valence-electron chi connectivity index (χ1n) is 11.9. The van der Waals surface area contributed by atoms with Gasteiger partial charge in [0.15, 0.2) is 11.5 Å². The van der Waals surface area contributed by atoms with E-state index < -0.39 is 5.97 Å². The molecule has 0 aliphatic rings. The summed E-state index contributed by atoms with van der Waals surface area (Å²) in [5, 5.41) is 3.52. The minimum atomic E-state index is -0.572. The largest absolute Gasteiger partial charge is 0.493 e. The summed E-state index contributed by atoms with van der Waals surface area (Å²) in [6.45, 7) is 2.45. The maximum absolute atomic E-state index is 12.5. The lowest BCUT2D eigenvalue weighted by Crippen LogP contribution is -2.12. The van der Waals surface area contributed by atoms with Crippen LogP contribution in [0, 0.1) is 6.92 Å². The lowest BCUT2D eigenvalue weighted by molar-refractivity contribution is -0.128. The van der Waals surface area contributed by atoms with Gasteiger partial charge >= 0.3 is 5.97 Å². The van der Waals surface area contributed by atoms with Crippen LogP contribution in [0.2, 0.25) is 10.0 Å². The molecule has 0 unspecified atom stereocenters. The van der Waals surface area contributed by atoms with Gasteiger partial charge in [-0.05, 0) is 84.3 Å². The molecule has 0 saturated heterocycles. The van der Waals surface area contributed by atoms with Gasteiger partial charge in [-0.25, -0.2) is 4.79 Å². The van der Waals surface area contributed by atoms with E-state index in [2.05, 4.69) is 5.32 Å². The summed E-state index contributed by atoms with van der Waals surface area (Å²) in [7, 11) is 1.56. The van der Waals surface area contributed by atoms with Crippen molar-refractivity contribution in [2.24, 2.45) is 0 Å². The van der Waals surface area contributed by atoms with Crippen LogP contribution >= 0.6 is 23.2 Å². The lowest BCUT2D eigenvalue weighted by atomic mass is 10.1. The van der Waals surface area contributed by atoms with Crippen LogP contribution < -0.4 is 19.5 Å². The van der Waals surface area contributed by atoms with Gasteiger partial charge in [0.25, 0.3) is 5.91 Å². The van der Waals surface area contributed by atoms with Crippen LogP contribution in [-0.2, 0) is 11.4 Å². The van der Waals surface area contributed by atoms with Crippen molar-refractivity contribution < 1.29 is 23.8 Å². The number of anilines is 1. The molecule has 0 aliphatic carbocycles. The number of amides is 1. The number of rotatable bonds is 9. The molecule has 0 fully saturated rings. The van der Waals surface area contributed by atoms with Crippen LogP contribution in [0.15, 0.2) is 91.0 Å². The quantitative estimate of drug-likeness (QED) is 0.128. The highest BCUT2D eigenvalue weighted by molar-refractivity contribution is 6.35. The third-order valence-electron chi connectivity index (χ3n) is 5.76. The standard InChI is InChI=1S/C31H25Cl2NO5/c1-20-5-3-4-6-23(20)19-38-28-15-7-21(17-29(28)37-2)8-16-30(35)39-25-12-9-22(10-13-25)31(36)34-27-18-24(32)11-14-26(27)33/h3-18H,19H2,1-2H3,(H,34,36)/b16-8+. The number of hydrogen-bond acceptors (Lipinski definition) is 5. The molecular formula is C31H25Cl2NO5. The molecular weight excluding hydrogens is 537 g/mol. The van der Waals surface area contributed by atoms with Crippen molar-refractivity contribution in [3.05, 3.63) is 123 Å². The van der Waals surface area contributed by atoms with E-state index in [-0.39, 0.29) is 5.91 Å². The molecule has 0 heterocycles. The first-order chi connectivity index (χ1) is 18.8. The summed E-state index contributed by atoms with van der Waals surface area (Å²) in [4.78, 5) is 24.9. The highest BCUT2D eigenvalue weighted by Gasteiger charge is 2.11. The van der Waals surface area contributed by atoms with Gasteiger partial charge in [0.2, 0.25) is 0 Å². The Morgan fingerprint density at radius 3 is 2.41 bits per heavy atom. The zero-order valence-electron chi connectivity index (χ0n) is 21.2. The molecule has 0 aromatic heterocycles. The first-order valence-corrected chi connectivity index (χ1v) is 12.7. The van der Waals surface area contributed by atoms with E-state index in [1.807, 2.05) is 37.3 Å². The number of carbonyl (C=O) groups is 2. The second-order valence-electron chi connectivity index (χ2n) is 8.48. The van der Waals surface area contributed by atoms with Crippen molar-refractivity contribution in [3.63, 3.8) is 0 Å². The summed E-state index contributed by atoms with van der Waals surface area (Å²) >= 11 is 12.1. The van der Waals surface area contributed by atoms with Crippen molar-refractivity contribution in [3.8, 4) is 17.2 Å². The molecule has 4 aromatic rings. The van der Waals surface area contributed by atoms with Gasteiger partial charge in [0, 0.05) is 16.7 Å². The van der Waals surface area contributed by atoms with E-state index in [0.29, 0.717) is 45.2 Å². The number of methoxy groups -OCH3 is 1. The summed E-state index contributed by atoms with van der Waals surface area (Å²) < 4.78 is 16.8. The predicted molar refractivity (Wildman–Crippen MR) is 154 cm³/mol. The Balaban J connectivity index is 1.34. The summed E-state index contributed by atoms with van der Waals surface area (Å²) in [6.07, 6.45) is 2.93. The van der Waals surface area contributed by atoms with E-state index in [9.17, 15) is 9.59 Å². The molecule has 8 heteroatoms. The highest BCUT2D eigenvalue weighted by atomic mass is 35.5. The molecule has 0 spiro atoms. The number of carbonyl (C=O) groups excluding carboxylic acids is 2. The summed E-state index contributed by atoms with van der Waals surface area (Å²) in [5.74, 6) is 0.489. The molecule has 0 aliphatic heterocycles. The summed E-state index contributed by atoms with van der Waals surface area (Å²) in [6, 6.07) is 24.3. The molecule has 1 N–H and O–H groups in total. The Morgan fingerprint density at radius 1 is 0.897 bits per heavy atom. The van der Waals surface area contributed by atoms with Gasteiger partial charge < -0.3 is 19.5 Å². The molecule has 198 valence electrons. The van der Waals surface area contributed by atoms with E-state index in [4.69, 9.17) is 37.4 Å². The van der Waals surface area contributed by atoms with E-state index in [1.165, 1.54) is 18.2 Å². The van der Waals surface area contributed by atoms with E-state index >= 15 is 0 Å². The van der Waals surface area contributed by atoms with Crippen LogP contribution in [0.4, 0.5) is 5.69 Å². The van der Waals surface area contributed by atoms with Gasteiger partial charge in [-0.15, -0.1) is 0 Å². The second kappa shape index (κ2) is 13.0. The topological polar surface area (TPSA) is 73.9 Å². The van der Waals surface area contributed by atoms with Crippen LogP contribution in [0.3, 0.4) is 0 Å². The van der Waals surface area contributed by atoms with Crippen molar-refractivity contribution >= 4 is 46.8 Å². The molecule has 0 radical (unpaired) electrons. The Bertz CT molecular complexity index is 1520. The Kier molecular flexibility index (Phi) is 9.26. The maximum Gasteiger partial charge on any atom is 0.336 e. The lowest BCUT2D eigenvalue weighted by Gasteiger charge is -2.12. The average molecular weight is 562 g/mol. The Hall–Kier alpha value is -4.26. The maximum atomic E-state index is 12.5. The zero-order valence-corrected chi connectivity index (χ0v) is 22.8. The zero-order chi connectivity index (χ0) is 27.8. The van der Waals surface area contributed by atoms with Crippen LogP contribution in [-0.4, -0.2) is 19.0 Å². The SMILES string of the molecule is COc1cc(/C=C/C(=O)Oc2ccc(C(=O)Nc3cc(Cl)ccc3Cl)cc2)ccc1OCc1ccccc1C. The van der Waals surface area contributed by atoms with Gasteiger partial charge in [0.1, 0.15) is 12.4 Å². The molecule has 6 nitrogen and oxygen atoms in total. The second-order valence-corrected chi connectivity index (χ2v) is 9.33. The molecule has 0 saturated carbocycles. The summed E-state index contributed by atoms with van der Waals surface area (Å²) in [5.41, 5.74) is 3.73. The molecule has 0 atom stereocenters. The third-order valence-corrected chi connectivity index (χ3v) is 6.32. The van der Waals surface area contributed by atoms with Crippen molar-refractivity contribution in [1.29, 1.82) is 0 Å². The predicted octanol–water partition coefficient (Wildman–Crippen LogP) is 7.76. The average Bonchev–Trinajstić information content (AvgIpc) is 2.94. The fourth-order valence-electron chi connectivity index (χ4n) is 3.61. The normalized spacial score (nSPS) is 10.8. The smallest absolute Gasteiger partial charge is 0.336 e. The first kappa shape index (κ1) is 27.8. The number of halogens is 2. The molecule has 4 aromatic carbocycles. The van der Waals surface area contributed by atoms with Gasteiger partial charge in [-0.3, -0.25) is 4.79 Å². The fourth-order valence-corrected chi connectivity index (χ4v) is 3.95. The number of esters is 1. The van der Waals surface area contributed by atoms with Gasteiger partial charge in [-0.1, -0.05) is 53.5 Å². The van der Waals surface area contributed by atoms with Crippen LogP contribution in [0.5, 0.6) is 17.2 Å². The van der Waals surface area contributed by atoms with Crippen molar-refractivity contribution in [1.82, 2.24) is 0 Å². The van der Waals surface area contributed by atoms with Gasteiger partial charge in [0.05, 0.1) is 17.8 Å².